The van der Waals surface area contributed by atoms with Gasteiger partial charge in [0.2, 0.25) is 0 Å². The summed E-state index contributed by atoms with van der Waals surface area (Å²) in [6.45, 7) is 1.17. The van der Waals surface area contributed by atoms with Crippen molar-refractivity contribution >= 4 is 5.97 Å². The van der Waals surface area contributed by atoms with Gasteiger partial charge in [0, 0.05) is 5.56 Å². The van der Waals surface area contributed by atoms with Gasteiger partial charge in [-0.3, -0.25) is 0 Å². The first kappa shape index (κ1) is 12.9. The van der Waals surface area contributed by atoms with Crippen molar-refractivity contribution in [1.82, 2.24) is 0 Å². The van der Waals surface area contributed by atoms with E-state index in [-0.39, 0.29) is 0 Å². The van der Waals surface area contributed by atoms with E-state index in [1.807, 2.05) is 0 Å². The van der Waals surface area contributed by atoms with Crippen LogP contribution >= 0.6 is 0 Å². The van der Waals surface area contributed by atoms with Crippen molar-refractivity contribution < 1.29 is 24.9 Å². The van der Waals surface area contributed by atoms with Gasteiger partial charge in [0.15, 0.2) is 6.61 Å². The van der Waals surface area contributed by atoms with Crippen LogP contribution in [0.3, 0.4) is 0 Å². The highest BCUT2D eigenvalue weighted by atomic mass is 16.5. The van der Waals surface area contributed by atoms with Crippen molar-refractivity contribution in [2.45, 2.75) is 31.5 Å². The van der Waals surface area contributed by atoms with Crippen LogP contribution in [0.4, 0.5) is 0 Å². The Hall–Kier alpha value is -1.59. The average molecular weight is 252 g/mol. The molecular weight excluding hydrogens is 236 g/mol. The number of carboxylic acids is 1. The van der Waals surface area contributed by atoms with E-state index in [1.54, 1.807) is 25.1 Å². The molecule has 2 unspecified atom stereocenters. The molecule has 0 bridgehead atoms. The van der Waals surface area contributed by atoms with Crippen LogP contribution in [0.1, 0.15) is 30.6 Å². The van der Waals surface area contributed by atoms with Gasteiger partial charge in [-0.2, -0.15) is 0 Å². The maximum Gasteiger partial charge on any atom is 0.341 e. The number of aliphatic hydroxyl groups excluding tert-OH is 1. The molecule has 5 nitrogen and oxygen atoms in total. The minimum Gasteiger partial charge on any atom is -0.482 e. The van der Waals surface area contributed by atoms with Crippen molar-refractivity contribution in [2.75, 3.05) is 6.61 Å². The lowest BCUT2D eigenvalue weighted by molar-refractivity contribution is -0.139. The zero-order valence-corrected chi connectivity index (χ0v) is 10.1. The van der Waals surface area contributed by atoms with Crippen LogP contribution in [0, 0.1) is 0 Å². The van der Waals surface area contributed by atoms with Gasteiger partial charge in [-0.1, -0.05) is 12.1 Å². The van der Waals surface area contributed by atoms with Crippen LogP contribution in [0.25, 0.3) is 0 Å². The molecule has 0 aromatic heterocycles. The van der Waals surface area contributed by atoms with Crippen molar-refractivity contribution in [3.8, 4) is 5.75 Å². The summed E-state index contributed by atoms with van der Waals surface area (Å²) in [5, 5.41) is 28.7. The Kier molecular flexibility index (Phi) is 3.28. The fourth-order valence-corrected chi connectivity index (χ4v) is 2.23. The second-order valence-corrected chi connectivity index (χ2v) is 4.77. The summed E-state index contributed by atoms with van der Waals surface area (Å²) in [4.78, 5) is 10.5. The van der Waals surface area contributed by atoms with E-state index in [9.17, 15) is 15.0 Å². The van der Waals surface area contributed by atoms with Crippen LogP contribution in [-0.2, 0) is 11.2 Å². The highest BCUT2D eigenvalue weighted by Gasteiger charge is 2.37. The first-order valence-electron chi connectivity index (χ1n) is 5.78. The van der Waals surface area contributed by atoms with Crippen LogP contribution < -0.4 is 4.74 Å². The zero-order valence-electron chi connectivity index (χ0n) is 10.1. The molecule has 0 saturated carbocycles. The fraction of sp³-hybridized carbons (Fsp3) is 0.462. The minimum atomic E-state index is -1.15. The smallest absolute Gasteiger partial charge is 0.341 e. The predicted molar refractivity (Wildman–Crippen MR) is 63.5 cm³/mol. The highest BCUT2D eigenvalue weighted by molar-refractivity contribution is 5.68. The van der Waals surface area contributed by atoms with Crippen LogP contribution in [-0.4, -0.2) is 33.5 Å². The number of aliphatic hydroxyl groups is 2. The third kappa shape index (κ3) is 2.32. The molecule has 1 aliphatic rings. The van der Waals surface area contributed by atoms with E-state index >= 15 is 0 Å². The molecule has 0 heterocycles. The van der Waals surface area contributed by atoms with E-state index in [0.29, 0.717) is 24.2 Å². The average Bonchev–Trinajstić information content (AvgIpc) is 2.31. The molecule has 98 valence electrons. The quantitative estimate of drug-likeness (QED) is 0.743. The third-order valence-corrected chi connectivity index (χ3v) is 3.29. The number of carboxylic acid groups (broad SMARTS) is 1. The van der Waals surface area contributed by atoms with Gasteiger partial charge in [0.1, 0.15) is 11.9 Å². The fourth-order valence-electron chi connectivity index (χ4n) is 2.23. The molecule has 2 rings (SSSR count). The van der Waals surface area contributed by atoms with Gasteiger partial charge in [-0.25, -0.2) is 4.79 Å². The van der Waals surface area contributed by atoms with Crippen molar-refractivity contribution in [3.05, 3.63) is 29.3 Å². The number of hydrogen-bond donors (Lipinski definition) is 3. The van der Waals surface area contributed by atoms with Gasteiger partial charge in [0.25, 0.3) is 0 Å². The molecule has 5 heteroatoms. The zero-order chi connectivity index (χ0) is 13.3. The van der Waals surface area contributed by atoms with Gasteiger partial charge in [-0.15, -0.1) is 0 Å². The number of aliphatic carboxylic acids is 1. The molecule has 0 amide bonds. The monoisotopic (exact) mass is 252 g/mol. The first-order chi connectivity index (χ1) is 8.42. The molecule has 2 atom stereocenters. The molecule has 3 N–H and O–H groups in total. The van der Waals surface area contributed by atoms with E-state index in [4.69, 9.17) is 9.84 Å². The Labute approximate surface area is 105 Å². The Balaban J connectivity index is 2.31. The topological polar surface area (TPSA) is 87.0 Å². The second-order valence-electron chi connectivity index (χ2n) is 4.77. The summed E-state index contributed by atoms with van der Waals surface area (Å²) in [5.41, 5.74) is 0.227. The lowest BCUT2D eigenvalue weighted by Gasteiger charge is -2.35. The number of rotatable bonds is 3. The first-order valence-corrected chi connectivity index (χ1v) is 5.78. The maximum atomic E-state index is 10.5. The van der Waals surface area contributed by atoms with Crippen molar-refractivity contribution in [3.63, 3.8) is 0 Å². The number of ether oxygens (including phenoxy) is 1. The van der Waals surface area contributed by atoms with Crippen molar-refractivity contribution in [1.29, 1.82) is 0 Å². The van der Waals surface area contributed by atoms with Crippen LogP contribution in [0.5, 0.6) is 5.75 Å². The number of fused-ring (bicyclic) bond motifs is 1. The van der Waals surface area contributed by atoms with E-state index < -0.39 is 24.3 Å². The SMILES string of the molecule is CC1(O)CCc2c(OCC(=O)O)cccc2C1O. The third-order valence-electron chi connectivity index (χ3n) is 3.29. The molecule has 1 aromatic carbocycles. The van der Waals surface area contributed by atoms with Gasteiger partial charge in [0.05, 0.1) is 5.60 Å². The van der Waals surface area contributed by atoms with Gasteiger partial charge in [-0.05, 0) is 31.4 Å². The molecule has 0 saturated heterocycles. The summed E-state index contributed by atoms with van der Waals surface area (Å²) >= 11 is 0. The highest BCUT2D eigenvalue weighted by Crippen LogP contribution is 2.40. The Bertz CT molecular complexity index is 466. The summed E-state index contributed by atoms with van der Waals surface area (Å²) in [7, 11) is 0. The summed E-state index contributed by atoms with van der Waals surface area (Å²) in [5.74, 6) is -0.583. The molecule has 1 aliphatic carbocycles. The molecule has 0 fully saturated rings. The van der Waals surface area contributed by atoms with Gasteiger partial charge >= 0.3 is 5.97 Å². The number of carbonyl (C=O) groups is 1. The van der Waals surface area contributed by atoms with E-state index in [0.717, 1.165) is 5.56 Å². The summed E-state index contributed by atoms with van der Waals surface area (Å²) in [6, 6.07) is 5.08. The molecule has 18 heavy (non-hydrogen) atoms. The molecule has 1 aromatic rings. The lowest BCUT2D eigenvalue weighted by Crippen LogP contribution is -2.37. The second kappa shape index (κ2) is 4.59. The molecule has 0 radical (unpaired) electrons. The summed E-state index contributed by atoms with van der Waals surface area (Å²) in [6.07, 6.45) is -0.0151. The van der Waals surface area contributed by atoms with E-state index in [2.05, 4.69) is 0 Å². The van der Waals surface area contributed by atoms with Crippen molar-refractivity contribution in [2.24, 2.45) is 0 Å². The normalized spacial score (nSPS) is 26.5. The lowest BCUT2D eigenvalue weighted by atomic mass is 9.79. The Morgan fingerprint density at radius 1 is 1.56 bits per heavy atom. The van der Waals surface area contributed by atoms with Crippen LogP contribution in [0.2, 0.25) is 0 Å². The standard InChI is InChI=1S/C13H16O5/c1-13(17)6-5-8-9(12(13)16)3-2-4-10(8)18-7-11(14)15/h2-4,12,16-17H,5-7H2,1H3,(H,14,15). The Morgan fingerprint density at radius 3 is 2.94 bits per heavy atom. The number of hydrogen-bond acceptors (Lipinski definition) is 4. The van der Waals surface area contributed by atoms with Crippen LogP contribution in [0.15, 0.2) is 18.2 Å². The number of benzene rings is 1. The maximum absolute atomic E-state index is 10.5. The minimum absolute atomic E-state index is 0.411. The molecule has 0 aliphatic heterocycles. The van der Waals surface area contributed by atoms with Gasteiger partial charge < -0.3 is 20.1 Å². The largest absolute Gasteiger partial charge is 0.482 e. The molecular formula is C13H16O5. The van der Waals surface area contributed by atoms with E-state index in [1.165, 1.54) is 0 Å². The molecule has 0 spiro atoms. The predicted octanol–water partition coefficient (Wildman–Crippen LogP) is 0.881. The summed E-state index contributed by atoms with van der Waals surface area (Å²) < 4.78 is 5.19. The Morgan fingerprint density at radius 2 is 2.28 bits per heavy atom.